The van der Waals surface area contributed by atoms with Gasteiger partial charge in [0.2, 0.25) is 0 Å². The summed E-state index contributed by atoms with van der Waals surface area (Å²) in [6.07, 6.45) is 0. The van der Waals surface area contributed by atoms with E-state index in [1.807, 2.05) is 19.0 Å². The second kappa shape index (κ2) is 7.77. The number of carbonyl (C=O) groups is 1. The van der Waals surface area contributed by atoms with Gasteiger partial charge >= 0.3 is 0 Å². The van der Waals surface area contributed by atoms with Gasteiger partial charge in [0.25, 0.3) is 5.91 Å². The molecule has 0 saturated carbocycles. The lowest BCUT2D eigenvalue weighted by Gasteiger charge is -2.13. The first-order valence-corrected chi connectivity index (χ1v) is 7.78. The molecule has 6 heteroatoms. The van der Waals surface area contributed by atoms with Gasteiger partial charge in [-0.2, -0.15) is 0 Å². The van der Waals surface area contributed by atoms with Gasteiger partial charge in [-0.05, 0) is 43.9 Å². The largest absolute Gasteiger partial charge is 0.348 e. The van der Waals surface area contributed by atoms with Gasteiger partial charge in [0.1, 0.15) is 5.82 Å². The van der Waals surface area contributed by atoms with Crippen molar-refractivity contribution in [1.82, 2.24) is 10.2 Å². The standard InChI is InChI=1S/C17H17Cl2FN2O/c1-22(2)10-12-8-11(6-7-15(12)20)9-21-17(23)13-4-3-5-14(18)16(13)19/h3-8H,9-10H2,1-2H3,(H,21,23). The minimum absolute atomic E-state index is 0.221. The predicted molar refractivity (Wildman–Crippen MR) is 91.4 cm³/mol. The van der Waals surface area contributed by atoms with E-state index < -0.39 is 0 Å². The molecule has 122 valence electrons. The van der Waals surface area contributed by atoms with Crippen LogP contribution in [0, 0.1) is 5.82 Å². The van der Waals surface area contributed by atoms with Crippen molar-refractivity contribution in [3.63, 3.8) is 0 Å². The highest BCUT2D eigenvalue weighted by molar-refractivity contribution is 6.43. The Morgan fingerprint density at radius 2 is 1.96 bits per heavy atom. The number of halogens is 3. The third-order valence-corrected chi connectivity index (χ3v) is 4.06. The van der Waals surface area contributed by atoms with E-state index in [0.29, 0.717) is 22.7 Å². The molecule has 2 rings (SSSR count). The van der Waals surface area contributed by atoms with E-state index in [9.17, 15) is 9.18 Å². The van der Waals surface area contributed by atoms with Crippen molar-refractivity contribution in [3.05, 3.63) is 69.0 Å². The molecule has 0 heterocycles. The van der Waals surface area contributed by atoms with Gasteiger partial charge in [0.15, 0.2) is 0 Å². The van der Waals surface area contributed by atoms with Gasteiger partial charge in [0, 0.05) is 18.7 Å². The van der Waals surface area contributed by atoms with Gasteiger partial charge < -0.3 is 10.2 Å². The molecule has 3 nitrogen and oxygen atoms in total. The first-order chi connectivity index (χ1) is 10.9. The van der Waals surface area contributed by atoms with Crippen molar-refractivity contribution < 1.29 is 9.18 Å². The van der Waals surface area contributed by atoms with E-state index >= 15 is 0 Å². The quantitative estimate of drug-likeness (QED) is 0.875. The van der Waals surface area contributed by atoms with Crippen LogP contribution < -0.4 is 5.32 Å². The molecule has 0 saturated heterocycles. The Morgan fingerprint density at radius 3 is 2.65 bits per heavy atom. The molecule has 0 unspecified atom stereocenters. The zero-order chi connectivity index (χ0) is 17.0. The second-order valence-electron chi connectivity index (χ2n) is 5.45. The van der Waals surface area contributed by atoms with E-state index in [-0.39, 0.29) is 23.3 Å². The van der Waals surface area contributed by atoms with Crippen LogP contribution in [0.4, 0.5) is 4.39 Å². The molecule has 1 amide bonds. The summed E-state index contributed by atoms with van der Waals surface area (Å²) in [5.41, 5.74) is 1.71. The average molecular weight is 355 g/mol. The van der Waals surface area contributed by atoms with Gasteiger partial charge in [-0.25, -0.2) is 4.39 Å². The van der Waals surface area contributed by atoms with Gasteiger partial charge in [-0.15, -0.1) is 0 Å². The van der Waals surface area contributed by atoms with Crippen LogP contribution in [0.1, 0.15) is 21.5 Å². The van der Waals surface area contributed by atoms with Crippen molar-refractivity contribution in [2.75, 3.05) is 14.1 Å². The van der Waals surface area contributed by atoms with E-state index in [0.717, 1.165) is 5.56 Å². The number of benzene rings is 2. The third kappa shape index (κ3) is 4.67. The highest BCUT2D eigenvalue weighted by Crippen LogP contribution is 2.25. The molecule has 0 aliphatic carbocycles. The number of carbonyl (C=O) groups excluding carboxylic acids is 1. The van der Waals surface area contributed by atoms with Crippen LogP contribution in [0.15, 0.2) is 36.4 Å². The summed E-state index contributed by atoms with van der Waals surface area (Å²) in [5, 5.41) is 3.31. The van der Waals surface area contributed by atoms with Gasteiger partial charge in [-0.1, -0.05) is 35.3 Å². The normalized spacial score (nSPS) is 10.9. The van der Waals surface area contributed by atoms with Crippen LogP contribution >= 0.6 is 23.2 Å². The molecular formula is C17H17Cl2FN2O. The lowest BCUT2D eigenvalue weighted by molar-refractivity contribution is 0.0951. The summed E-state index contributed by atoms with van der Waals surface area (Å²) < 4.78 is 13.7. The van der Waals surface area contributed by atoms with Crippen molar-refractivity contribution in [2.45, 2.75) is 13.1 Å². The highest BCUT2D eigenvalue weighted by atomic mass is 35.5. The summed E-state index contributed by atoms with van der Waals surface area (Å²) in [6, 6.07) is 9.69. The maximum absolute atomic E-state index is 13.7. The number of amides is 1. The Hall–Kier alpha value is -1.62. The maximum atomic E-state index is 13.7. The molecule has 0 radical (unpaired) electrons. The van der Waals surface area contributed by atoms with Crippen LogP contribution in [0.25, 0.3) is 0 Å². The van der Waals surface area contributed by atoms with Crippen LogP contribution in [0.5, 0.6) is 0 Å². The summed E-state index contributed by atoms with van der Waals surface area (Å²) >= 11 is 11.9. The zero-order valence-electron chi connectivity index (χ0n) is 12.9. The first kappa shape index (κ1) is 17.7. The second-order valence-corrected chi connectivity index (χ2v) is 6.23. The SMILES string of the molecule is CN(C)Cc1cc(CNC(=O)c2cccc(Cl)c2Cl)ccc1F. The van der Waals surface area contributed by atoms with Crippen molar-refractivity contribution in [3.8, 4) is 0 Å². The molecule has 0 spiro atoms. The number of nitrogens with one attached hydrogen (secondary N) is 1. The third-order valence-electron chi connectivity index (χ3n) is 3.25. The smallest absolute Gasteiger partial charge is 0.253 e. The minimum atomic E-state index is -0.323. The molecule has 0 atom stereocenters. The molecule has 0 fully saturated rings. The molecular weight excluding hydrogens is 338 g/mol. The van der Waals surface area contributed by atoms with Crippen LogP contribution in [0.2, 0.25) is 10.0 Å². The topological polar surface area (TPSA) is 32.3 Å². The number of nitrogens with zero attached hydrogens (tertiary/aromatic N) is 1. The number of hydrogen-bond acceptors (Lipinski definition) is 2. The van der Waals surface area contributed by atoms with E-state index in [1.54, 1.807) is 30.3 Å². The number of rotatable bonds is 5. The summed E-state index contributed by atoms with van der Waals surface area (Å²) in [5.74, 6) is -0.581. The monoisotopic (exact) mass is 354 g/mol. The Kier molecular flexibility index (Phi) is 5.99. The molecule has 2 aromatic carbocycles. The molecule has 1 N–H and O–H groups in total. The van der Waals surface area contributed by atoms with Crippen LogP contribution in [-0.2, 0) is 13.1 Å². The fourth-order valence-corrected chi connectivity index (χ4v) is 2.54. The fraction of sp³-hybridized carbons (Fsp3) is 0.235. The Labute approximate surface area is 145 Å². The lowest BCUT2D eigenvalue weighted by atomic mass is 10.1. The van der Waals surface area contributed by atoms with Crippen molar-refractivity contribution in [2.24, 2.45) is 0 Å². The van der Waals surface area contributed by atoms with Gasteiger partial charge in [0.05, 0.1) is 15.6 Å². The van der Waals surface area contributed by atoms with Crippen molar-refractivity contribution >= 4 is 29.1 Å². The van der Waals surface area contributed by atoms with E-state index in [1.165, 1.54) is 6.07 Å². The lowest BCUT2D eigenvalue weighted by Crippen LogP contribution is -2.23. The van der Waals surface area contributed by atoms with E-state index in [2.05, 4.69) is 5.32 Å². The Bertz CT molecular complexity index is 720. The van der Waals surface area contributed by atoms with Crippen LogP contribution in [0.3, 0.4) is 0 Å². The summed E-state index contributed by atoms with van der Waals surface area (Å²) in [4.78, 5) is 14.1. The van der Waals surface area contributed by atoms with Gasteiger partial charge in [-0.3, -0.25) is 4.79 Å². The fourth-order valence-electron chi connectivity index (χ4n) is 2.16. The first-order valence-electron chi connectivity index (χ1n) is 7.02. The minimum Gasteiger partial charge on any atom is -0.348 e. The number of hydrogen-bond donors (Lipinski definition) is 1. The molecule has 0 aliphatic heterocycles. The molecule has 0 aliphatic rings. The highest BCUT2D eigenvalue weighted by Gasteiger charge is 2.12. The van der Waals surface area contributed by atoms with Crippen molar-refractivity contribution in [1.29, 1.82) is 0 Å². The molecule has 2 aromatic rings. The molecule has 0 bridgehead atoms. The summed E-state index contributed by atoms with van der Waals surface area (Å²) in [6.45, 7) is 0.774. The average Bonchev–Trinajstić information content (AvgIpc) is 2.50. The summed E-state index contributed by atoms with van der Waals surface area (Å²) in [7, 11) is 3.74. The molecule has 23 heavy (non-hydrogen) atoms. The zero-order valence-corrected chi connectivity index (χ0v) is 14.4. The maximum Gasteiger partial charge on any atom is 0.253 e. The molecule has 0 aromatic heterocycles. The van der Waals surface area contributed by atoms with E-state index in [4.69, 9.17) is 23.2 Å². The Morgan fingerprint density at radius 1 is 1.22 bits per heavy atom. The predicted octanol–water partition coefficient (Wildman–Crippen LogP) is 4.12. The Balaban J connectivity index is 2.08. The van der Waals surface area contributed by atoms with Crippen LogP contribution in [-0.4, -0.2) is 24.9 Å².